The normalized spacial score (nSPS) is 38.5. The van der Waals surface area contributed by atoms with Crippen LogP contribution in [0, 0.1) is 38.7 Å². The van der Waals surface area contributed by atoms with Crippen molar-refractivity contribution in [3.05, 3.63) is 33.9 Å². The number of ether oxygens (including phenoxy) is 3. The van der Waals surface area contributed by atoms with Crippen LogP contribution in [-0.4, -0.2) is 83.2 Å². The number of halogens is 1. The summed E-state index contributed by atoms with van der Waals surface area (Å²) in [7, 11) is 0. The summed E-state index contributed by atoms with van der Waals surface area (Å²) >= 11 is 0. The number of aliphatic hydroxyl groups is 1. The zero-order valence-corrected chi connectivity index (χ0v) is 26.6. The van der Waals surface area contributed by atoms with Crippen molar-refractivity contribution in [1.82, 2.24) is 5.32 Å². The Balaban J connectivity index is 1.25. The molecule has 1 saturated heterocycles. The molecule has 0 aromatic carbocycles. The van der Waals surface area contributed by atoms with E-state index in [0.717, 1.165) is 0 Å². The lowest BCUT2D eigenvalue weighted by Crippen LogP contribution is -2.64. The van der Waals surface area contributed by atoms with E-state index in [2.05, 4.69) is 10.2 Å². The molecule has 1 heterocycles. The number of fused-ring (bicyclic) bond motifs is 7. The van der Waals surface area contributed by atoms with Crippen LogP contribution < -0.4 is 5.32 Å². The van der Waals surface area contributed by atoms with Crippen LogP contribution in [-0.2, 0) is 38.2 Å². The number of ketones is 2. The molecule has 14 heteroatoms. The molecular weight excluding hydrogens is 607 g/mol. The minimum atomic E-state index is -1.57. The molecule has 0 spiro atoms. The van der Waals surface area contributed by atoms with Crippen LogP contribution in [0.2, 0.25) is 0 Å². The van der Waals surface area contributed by atoms with Gasteiger partial charge in [0.1, 0.15) is 12.7 Å². The second kappa shape index (κ2) is 12.4. The molecule has 3 saturated carbocycles. The number of amides is 1. The second-order valence-electron chi connectivity index (χ2n) is 14.1. The fourth-order valence-corrected chi connectivity index (χ4v) is 9.20. The summed E-state index contributed by atoms with van der Waals surface area (Å²) < 4.78 is 33.8. The summed E-state index contributed by atoms with van der Waals surface area (Å²) in [6.45, 7) is 5.95. The van der Waals surface area contributed by atoms with Gasteiger partial charge in [-0.3, -0.25) is 19.2 Å². The van der Waals surface area contributed by atoms with E-state index in [-0.39, 0.29) is 49.4 Å². The van der Waals surface area contributed by atoms with E-state index >= 15 is 4.39 Å². The van der Waals surface area contributed by atoms with Crippen LogP contribution in [0.4, 0.5) is 4.39 Å². The molecule has 254 valence electrons. The van der Waals surface area contributed by atoms with Gasteiger partial charge < -0.3 is 29.5 Å². The number of esters is 1. The topological polar surface area (TPSA) is 181 Å². The lowest BCUT2D eigenvalue weighted by atomic mass is 9.46. The molecule has 0 unspecified atom stereocenters. The molecule has 1 aliphatic heterocycles. The number of hydrogen-bond donors (Lipinski definition) is 2. The van der Waals surface area contributed by atoms with Crippen LogP contribution >= 0.6 is 0 Å². The number of nitrogens with one attached hydrogen (secondary N) is 1. The zero-order valence-electron chi connectivity index (χ0n) is 26.6. The third-order valence-corrected chi connectivity index (χ3v) is 10.9. The quantitative estimate of drug-likeness (QED) is 0.137. The maximum absolute atomic E-state index is 15.8. The number of carbonyl (C=O) groups excluding carboxylic acids is 4. The highest BCUT2D eigenvalue weighted by atomic mass is 19.1. The minimum absolute atomic E-state index is 0.0587. The highest BCUT2D eigenvalue weighted by Crippen LogP contribution is 2.70. The first-order valence-electron chi connectivity index (χ1n) is 15.9. The van der Waals surface area contributed by atoms with E-state index in [0.29, 0.717) is 31.3 Å². The molecule has 5 rings (SSSR count). The lowest BCUT2D eigenvalue weighted by molar-refractivity contribution is -0.757. The van der Waals surface area contributed by atoms with Gasteiger partial charge in [-0.05, 0) is 75.5 Å². The Bertz CT molecular complexity index is 1350. The summed E-state index contributed by atoms with van der Waals surface area (Å²) in [5.74, 6) is -4.18. The Morgan fingerprint density at radius 3 is 2.63 bits per heavy atom. The number of hydrogen-bond acceptors (Lipinski definition) is 11. The van der Waals surface area contributed by atoms with Crippen LogP contribution in [0.15, 0.2) is 23.8 Å². The van der Waals surface area contributed by atoms with E-state index in [4.69, 9.17) is 14.2 Å². The molecule has 9 atom stereocenters. The van der Waals surface area contributed by atoms with E-state index < -0.39 is 76.5 Å². The molecule has 4 fully saturated rings. The highest BCUT2D eigenvalue weighted by molar-refractivity contribution is 6.01. The van der Waals surface area contributed by atoms with Crippen LogP contribution in [0.5, 0.6) is 0 Å². The minimum Gasteiger partial charge on any atom is -0.456 e. The number of carbonyl (C=O) groups is 4. The summed E-state index contributed by atoms with van der Waals surface area (Å²) in [5, 5.41) is 23.5. The molecule has 4 aliphatic carbocycles. The maximum Gasteiger partial charge on any atom is 0.325 e. The van der Waals surface area contributed by atoms with Gasteiger partial charge in [0, 0.05) is 23.2 Å². The van der Waals surface area contributed by atoms with Gasteiger partial charge in [-0.2, -0.15) is 0 Å². The van der Waals surface area contributed by atoms with Crippen molar-refractivity contribution in [3.63, 3.8) is 0 Å². The number of aliphatic hydroxyl groups excluding tert-OH is 1. The third-order valence-electron chi connectivity index (χ3n) is 10.9. The van der Waals surface area contributed by atoms with Gasteiger partial charge >= 0.3 is 5.97 Å². The highest BCUT2D eigenvalue weighted by Gasteiger charge is 2.77. The van der Waals surface area contributed by atoms with Crippen molar-refractivity contribution in [2.24, 2.45) is 28.6 Å². The molecule has 13 nitrogen and oxygen atoms in total. The van der Waals surface area contributed by atoms with Gasteiger partial charge in [-0.15, -0.1) is 10.1 Å². The number of allylic oxidation sites excluding steroid dienone is 4. The van der Waals surface area contributed by atoms with Crippen LogP contribution in [0.25, 0.3) is 0 Å². The standard InChI is InChI=1S/C32H43FN2O11/c1-29(2)45-25-14-20-19-13-22(33)21-12-18(36)9-10-30(21,3)28(19)23(37)15-31(20,4)32(25,46-29)24(38)17-43-27(40)16-34-26(39)8-6-5-7-11-44-35(41)42/h9-10,12,19-20,22-23,25,28,37H,5-8,11,13-17H2,1-4H3,(H,34,39)/t19-,20-,22-,23-,25+,28+,30-,31-,32-/m0/s1. The number of nitrogens with zero attached hydrogens (tertiary/aromatic N) is 1. The Hall–Kier alpha value is -3.23. The van der Waals surface area contributed by atoms with Crippen molar-refractivity contribution < 1.29 is 52.8 Å². The fourth-order valence-electron chi connectivity index (χ4n) is 9.20. The molecule has 0 aromatic rings. The molecule has 2 N–H and O–H groups in total. The number of Topliss-reactive ketones (excluding diaryl/α,β-unsaturated/α-hetero) is 1. The molecule has 0 bridgehead atoms. The van der Waals surface area contributed by atoms with Gasteiger partial charge in [0.05, 0.1) is 18.8 Å². The predicted octanol–water partition coefficient (Wildman–Crippen LogP) is 2.71. The molecular formula is C32H43FN2O11. The van der Waals surface area contributed by atoms with Crippen molar-refractivity contribution >= 4 is 23.4 Å². The fraction of sp³-hybridized carbons (Fsp3) is 0.750. The number of unbranched alkanes of at least 4 members (excludes halogenated alkanes) is 2. The van der Waals surface area contributed by atoms with E-state index in [1.807, 2.05) is 13.8 Å². The average Bonchev–Trinajstić information content (AvgIpc) is 3.38. The van der Waals surface area contributed by atoms with Gasteiger partial charge in [0.2, 0.25) is 11.7 Å². The van der Waals surface area contributed by atoms with E-state index in [1.54, 1.807) is 19.9 Å². The van der Waals surface area contributed by atoms with Crippen LogP contribution in [0.3, 0.4) is 0 Å². The summed E-state index contributed by atoms with van der Waals surface area (Å²) in [5.41, 5.74) is -3.04. The average molecular weight is 651 g/mol. The van der Waals surface area contributed by atoms with Gasteiger partial charge in [0.25, 0.3) is 5.09 Å². The predicted molar refractivity (Wildman–Crippen MR) is 157 cm³/mol. The van der Waals surface area contributed by atoms with Crippen molar-refractivity contribution in [3.8, 4) is 0 Å². The largest absolute Gasteiger partial charge is 0.456 e. The zero-order chi connectivity index (χ0) is 33.7. The Morgan fingerprint density at radius 2 is 1.91 bits per heavy atom. The summed E-state index contributed by atoms with van der Waals surface area (Å²) in [6, 6.07) is 0. The summed E-state index contributed by atoms with van der Waals surface area (Å²) in [4.78, 5) is 65.3. The SMILES string of the molecule is CC1(C)O[C@@H]2C[C@H]3[C@@H]4C[C@H](F)C5=CC(=O)C=C[C@]5(C)[C@H]4[C@@H](O)C[C@]3(C)[C@@]2(C(=O)COC(=O)CNC(=O)CCCCCO[N+](=O)[O-])O1. The maximum atomic E-state index is 15.8. The molecule has 5 aliphatic rings. The van der Waals surface area contributed by atoms with E-state index in [9.17, 15) is 34.4 Å². The van der Waals surface area contributed by atoms with Gasteiger partial charge in [-0.25, -0.2) is 4.39 Å². The Labute approximate surface area is 266 Å². The second-order valence-corrected chi connectivity index (χ2v) is 14.1. The lowest BCUT2D eigenvalue weighted by Gasteiger charge is -2.60. The molecule has 0 aromatic heterocycles. The van der Waals surface area contributed by atoms with Crippen LogP contribution in [0.1, 0.15) is 72.6 Å². The van der Waals surface area contributed by atoms with Crippen molar-refractivity contribution in [2.45, 2.75) is 102 Å². The van der Waals surface area contributed by atoms with Gasteiger partial charge in [-0.1, -0.05) is 26.3 Å². The summed E-state index contributed by atoms with van der Waals surface area (Å²) in [6.07, 6.45) is 3.53. The molecule has 1 amide bonds. The number of rotatable bonds is 12. The van der Waals surface area contributed by atoms with Crippen molar-refractivity contribution in [2.75, 3.05) is 19.8 Å². The van der Waals surface area contributed by atoms with E-state index in [1.165, 1.54) is 12.2 Å². The molecule has 46 heavy (non-hydrogen) atoms. The Kier molecular flexibility index (Phi) is 9.21. The van der Waals surface area contributed by atoms with Crippen molar-refractivity contribution in [1.29, 1.82) is 0 Å². The first-order valence-corrected chi connectivity index (χ1v) is 15.9. The third kappa shape index (κ3) is 5.87. The Morgan fingerprint density at radius 1 is 1.17 bits per heavy atom. The van der Waals surface area contributed by atoms with Gasteiger partial charge in [0.15, 0.2) is 23.8 Å². The number of alkyl halides is 1. The monoisotopic (exact) mass is 650 g/mol. The first kappa shape index (κ1) is 34.1. The first-order chi connectivity index (χ1) is 21.5. The smallest absolute Gasteiger partial charge is 0.325 e. The molecule has 0 radical (unpaired) electrons.